The van der Waals surface area contributed by atoms with Crippen LogP contribution in [0.3, 0.4) is 0 Å². The van der Waals surface area contributed by atoms with E-state index < -0.39 is 0 Å². The van der Waals surface area contributed by atoms with Gasteiger partial charge in [-0.3, -0.25) is 4.40 Å². The molecular formula is C53H32N2S. The van der Waals surface area contributed by atoms with E-state index in [4.69, 9.17) is 4.98 Å². The first-order chi connectivity index (χ1) is 27.7. The molecule has 0 spiro atoms. The number of aromatic nitrogens is 2. The van der Waals surface area contributed by atoms with Gasteiger partial charge in [-0.05, 0) is 102 Å². The van der Waals surface area contributed by atoms with Gasteiger partial charge in [-0.25, -0.2) is 4.98 Å². The molecule has 3 heterocycles. The molecule has 0 fully saturated rings. The van der Waals surface area contributed by atoms with Gasteiger partial charge >= 0.3 is 0 Å². The topological polar surface area (TPSA) is 17.3 Å². The lowest BCUT2D eigenvalue weighted by atomic mass is 9.91. The van der Waals surface area contributed by atoms with Crippen molar-refractivity contribution < 1.29 is 0 Å². The molecule has 2 nitrogen and oxygen atoms in total. The molecule has 0 aliphatic carbocycles. The van der Waals surface area contributed by atoms with E-state index in [2.05, 4.69) is 199 Å². The number of rotatable bonds is 4. The zero-order chi connectivity index (χ0) is 36.7. The molecule has 12 aromatic rings. The molecule has 0 saturated heterocycles. The van der Waals surface area contributed by atoms with Crippen molar-refractivity contribution in [3.8, 4) is 44.6 Å². The third-order valence-electron chi connectivity index (χ3n) is 11.5. The van der Waals surface area contributed by atoms with Crippen LogP contribution in [0.25, 0.3) is 114 Å². The van der Waals surface area contributed by atoms with E-state index in [9.17, 15) is 0 Å². The number of thiophene rings is 1. The van der Waals surface area contributed by atoms with E-state index >= 15 is 0 Å². The van der Waals surface area contributed by atoms with Crippen molar-refractivity contribution >= 4 is 80.5 Å². The molecule has 3 heteroatoms. The number of hydrogen-bond acceptors (Lipinski definition) is 2. The van der Waals surface area contributed by atoms with Crippen molar-refractivity contribution in [3.05, 3.63) is 194 Å². The summed E-state index contributed by atoms with van der Waals surface area (Å²) in [4.78, 5) is 5.47. The first kappa shape index (κ1) is 31.3. The molecule has 9 aromatic carbocycles. The van der Waals surface area contributed by atoms with E-state index in [1.54, 1.807) is 0 Å². The zero-order valence-electron chi connectivity index (χ0n) is 30.3. The van der Waals surface area contributed by atoms with Gasteiger partial charge in [-0.15, -0.1) is 11.3 Å². The molecule has 0 aliphatic heterocycles. The fourth-order valence-corrected chi connectivity index (χ4v) is 10.1. The Morgan fingerprint density at radius 3 is 1.77 bits per heavy atom. The normalized spacial score (nSPS) is 11.9. The summed E-state index contributed by atoms with van der Waals surface area (Å²) in [7, 11) is 0. The fraction of sp³-hybridized carbons (Fsp3) is 0. The predicted molar refractivity (Wildman–Crippen MR) is 240 cm³/mol. The van der Waals surface area contributed by atoms with Crippen LogP contribution in [0.15, 0.2) is 194 Å². The summed E-state index contributed by atoms with van der Waals surface area (Å²) in [6, 6.07) is 71.0. The smallest absolute Gasteiger partial charge is 0.156 e. The van der Waals surface area contributed by atoms with Gasteiger partial charge in [0.15, 0.2) is 5.65 Å². The molecule has 0 bridgehead atoms. The lowest BCUT2D eigenvalue weighted by molar-refractivity contribution is 1.25. The number of pyridine rings is 1. The van der Waals surface area contributed by atoms with Crippen LogP contribution in [-0.4, -0.2) is 9.38 Å². The van der Waals surface area contributed by atoms with Crippen LogP contribution in [0.2, 0.25) is 0 Å². The Kier molecular flexibility index (Phi) is 6.83. The fourth-order valence-electron chi connectivity index (χ4n) is 8.88. The van der Waals surface area contributed by atoms with Crippen LogP contribution >= 0.6 is 11.3 Å². The lowest BCUT2D eigenvalue weighted by Gasteiger charge is -2.14. The second-order valence-corrected chi connectivity index (χ2v) is 15.8. The number of benzene rings is 9. The van der Waals surface area contributed by atoms with E-state index in [-0.39, 0.29) is 0 Å². The third kappa shape index (κ3) is 4.78. The van der Waals surface area contributed by atoms with Crippen LogP contribution < -0.4 is 0 Å². The Morgan fingerprint density at radius 2 is 0.982 bits per heavy atom. The second-order valence-electron chi connectivity index (χ2n) is 14.7. The standard InChI is InChI=1S/C53H32N2S/c1-2-11-33(12-3-1)39-29-40(31-41(30-39)43-20-10-16-35-13-4-7-17-42(35)43)34-21-23-38(24-22-34)48-32-46-50-44-18-8-5-14-36(44)26-28-49(50)56-52(46)53-54-51-45-19-9-6-15-37(45)25-27-47(51)55(48)53/h1-32H. The van der Waals surface area contributed by atoms with E-state index in [1.165, 1.54) is 85.9 Å². The van der Waals surface area contributed by atoms with E-state index in [1.807, 2.05) is 11.3 Å². The van der Waals surface area contributed by atoms with Gasteiger partial charge in [0.25, 0.3) is 0 Å². The number of fused-ring (bicyclic) bond motifs is 12. The minimum Gasteiger partial charge on any atom is -0.291 e. The summed E-state index contributed by atoms with van der Waals surface area (Å²) in [5.41, 5.74) is 12.7. The third-order valence-corrected chi connectivity index (χ3v) is 12.7. The van der Waals surface area contributed by atoms with Crippen molar-refractivity contribution in [1.82, 2.24) is 9.38 Å². The molecule has 0 amide bonds. The first-order valence-corrected chi connectivity index (χ1v) is 19.9. The molecule has 0 saturated carbocycles. The van der Waals surface area contributed by atoms with Crippen LogP contribution in [0.5, 0.6) is 0 Å². The maximum absolute atomic E-state index is 5.47. The predicted octanol–water partition coefficient (Wildman–Crippen LogP) is 15.0. The summed E-state index contributed by atoms with van der Waals surface area (Å²) in [6.45, 7) is 0. The summed E-state index contributed by atoms with van der Waals surface area (Å²) in [5, 5.41) is 9.98. The molecule has 0 atom stereocenters. The second kappa shape index (κ2) is 12.2. The molecule has 260 valence electrons. The minimum atomic E-state index is 1.01. The monoisotopic (exact) mass is 728 g/mol. The summed E-state index contributed by atoms with van der Waals surface area (Å²) < 4.78 is 4.90. The van der Waals surface area contributed by atoms with Crippen molar-refractivity contribution in [1.29, 1.82) is 0 Å². The molecule has 0 unspecified atom stereocenters. The molecule has 12 rings (SSSR count). The molecule has 56 heavy (non-hydrogen) atoms. The first-order valence-electron chi connectivity index (χ1n) is 19.1. The zero-order valence-corrected chi connectivity index (χ0v) is 31.1. The Balaban J connectivity index is 1.09. The average molecular weight is 729 g/mol. The van der Waals surface area contributed by atoms with E-state index in [0.29, 0.717) is 0 Å². The Labute approximate surface area is 327 Å². The number of nitrogens with zero attached hydrogens (tertiary/aromatic N) is 2. The largest absolute Gasteiger partial charge is 0.291 e. The molecular weight excluding hydrogens is 697 g/mol. The van der Waals surface area contributed by atoms with Gasteiger partial charge in [0.05, 0.1) is 21.4 Å². The summed E-state index contributed by atoms with van der Waals surface area (Å²) >= 11 is 1.85. The van der Waals surface area contributed by atoms with Crippen LogP contribution in [0.1, 0.15) is 0 Å². The van der Waals surface area contributed by atoms with Gasteiger partial charge < -0.3 is 0 Å². The Bertz CT molecular complexity index is 3510. The van der Waals surface area contributed by atoms with Crippen molar-refractivity contribution in [3.63, 3.8) is 0 Å². The van der Waals surface area contributed by atoms with Gasteiger partial charge in [0.1, 0.15) is 0 Å². The number of imidazole rings is 1. The van der Waals surface area contributed by atoms with E-state index in [0.717, 1.165) is 27.9 Å². The van der Waals surface area contributed by atoms with Gasteiger partial charge in [0.2, 0.25) is 0 Å². The maximum Gasteiger partial charge on any atom is 0.156 e. The molecule has 3 aromatic heterocycles. The highest BCUT2D eigenvalue weighted by Gasteiger charge is 2.20. The quantitative estimate of drug-likeness (QED) is 0.176. The highest BCUT2D eigenvalue weighted by molar-refractivity contribution is 7.26. The molecule has 0 radical (unpaired) electrons. The Hall–Kier alpha value is -7.07. The van der Waals surface area contributed by atoms with Crippen molar-refractivity contribution in [2.75, 3.05) is 0 Å². The maximum atomic E-state index is 5.47. The van der Waals surface area contributed by atoms with Gasteiger partial charge in [-0.1, -0.05) is 158 Å². The van der Waals surface area contributed by atoms with Crippen LogP contribution in [0, 0.1) is 0 Å². The summed E-state index contributed by atoms with van der Waals surface area (Å²) in [6.07, 6.45) is 0. The summed E-state index contributed by atoms with van der Waals surface area (Å²) in [5.74, 6) is 0. The van der Waals surface area contributed by atoms with Crippen LogP contribution in [-0.2, 0) is 0 Å². The van der Waals surface area contributed by atoms with Gasteiger partial charge in [-0.2, -0.15) is 0 Å². The molecule has 0 aliphatic rings. The van der Waals surface area contributed by atoms with Crippen LogP contribution in [0.4, 0.5) is 0 Å². The molecule has 0 N–H and O–H groups in total. The Morgan fingerprint density at radius 1 is 0.393 bits per heavy atom. The highest BCUT2D eigenvalue weighted by Crippen LogP contribution is 2.44. The average Bonchev–Trinajstić information content (AvgIpc) is 3.86. The van der Waals surface area contributed by atoms with Crippen molar-refractivity contribution in [2.24, 2.45) is 0 Å². The highest BCUT2D eigenvalue weighted by atomic mass is 32.1. The van der Waals surface area contributed by atoms with Crippen molar-refractivity contribution in [2.45, 2.75) is 0 Å². The SMILES string of the molecule is c1ccc(-c2cc(-c3ccc(-c4cc5c(sc6ccc7ccccc7c65)c5nc6c7ccccc7ccc6n45)cc3)cc(-c3cccc4ccccc34)c2)cc1. The lowest BCUT2D eigenvalue weighted by Crippen LogP contribution is -1.93. The number of hydrogen-bond donors (Lipinski definition) is 0. The van der Waals surface area contributed by atoms with Gasteiger partial charge in [0, 0.05) is 20.9 Å². The minimum absolute atomic E-state index is 1.01.